The van der Waals surface area contributed by atoms with Gasteiger partial charge in [0.25, 0.3) is 0 Å². The minimum atomic E-state index is 0.120. The molecule has 2 N–H and O–H groups in total. The molecule has 0 radical (unpaired) electrons. The number of H-pyrrole nitrogens is 1. The van der Waals surface area contributed by atoms with E-state index < -0.39 is 0 Å². The van der Waals surface area contributed by atoms with Gasteiger partial charge >= 0.3 is 0 Å². The molecule has 0 spiro atoms. The number of aromatic amines is 1. The van der Waals surface area contributed by atoms with Gasteiger partial charge in [0.15, 0.2) is 5.82 Å². The molecule has 0 atom stereocenters. The zero-order valence-corrected chi connectivity index (χ0v) is 8.10. The van der Waals surface area contributed by atoms with Crippen LogP contribution in [-0.4, -0.2) is 20.7 Å². The predicted molar refractivity (Wildman–Crippen MR) is 47.7 cm³/mol. The van der Waals surface area contributed by atoms with Crippen molar-refractivity contribution in [2.45, 2.75) is 39.8 Å². The topological polar surface area (TPSA) is 53.6 Å². The molecule has 4 heteroatoms. The van der Waals surface area contributed by atoms with Gasteiger partial charge in [-0.2, -0.15) is 5.10 Å². The maximum Gasteiger partial charge on any atom is 0.164 e. The van der Waals surface area contributed by atoms with Gasteiger partial charge in [-0.25, -0.2) is 4.98 Å². The average Bonchev–Trinajstić information content (AvgIpc) is 2.30. The monoisotopic (exact) mass is 168 g/mol. The first-order chi connectivity index (χ1) is 5.47. The van der Waals surface area contributed by atoms with Crippen LogP contribution in [0.25, 0.3) is 0 Å². The molecular weight excluding hydrogens is 152 g/mol. The van der Waals surface area contributed by atoms with Crippen molar-refractivity contribution in [1.82, 2.24) is 20.5 Å². The van der Waals surface area contributed by atoms with Crippen molar-refractivity contribution < 1.29 is 0 Å². The summed E-state index contributed by atoms with van der Waals surface area (Å²) >= 11 is 0. The molecule has 0 saturated heterocycles. The number of rotatable bonds is 2. The van der Waals surface area contributed by atoms with Crippen LogP contribution in [0.4, 0.5) is 0 Å². The van der Waals surface area contributed by atoms with Crippen molar-refractivity contribution in [1.29, 1.82) is 0 Å². The Labute approximate surface area is 72.8 Å². The fraction of sp³-hybridized carbons (Fsp3) is 0.750. The fourth-order valence-electron chi connectivity index (χ4n) is 0.812. The lowest BCUT2D eigenvalue weighted by Gasteiger charge is -2.18. The van der Waals surface area contributed by atoms with Crippen molar-refractivity contribution in [3.8, 4) is 0 Å². The van der Waals surface area contributed by atoms with Crippen molar-refractivity contribution in [2.24, 2.45) is 0 Å². The number of hydrogen-bond acceptors (Lipinski definition) is 3. The quantitative estimate of drug-likeness (QED) is 0.692. The van der Waals surface area contributed by atoms with E-state index in [0.29, 0.717) is 6.54 Å². The molecule has 1 rings (SSSR count). The van der Waals surface area contributed by atoms with Crippen LogP contribution in [0.1, 0.15) is 32.4 Å². The van der Waals surface area contributed by atoms with Gasteiger partial charge in [0.1, 0.15) is 5.82 Å². The number of aromatic nitrogens is 3. The fourth-order valence-corrected chi connectivity index (χ4v) is 0.812. The molecule has 12 heavy (non-hydrogen) atoms. The zero-order valence-electron chi connectivity index (χ0n) is 8.10. The van der Waals surface area contributed by atoms with E-state index in [1.807, 2.05) is 6.92 Å². The number of aryl methyl sites for hydroxylation is 1. The number of hydrogen-bond donors (Lipinski definition) is 2. The molecule has 0 aliphatic heterocycles. The molecule has 0 amide bonds. The van der Waals surface area contributed by atoms with Gasteiger partial charge < -0.3 is 5.32 Å². The Kier molecular flexibility index (Phi) is 2.47. The van der Waals surface area contributed by atoms with Crippen molar-refractivity contribution >= 4 is 0 Å². The molecule has 0 fully saturated rings. The highest BCUT2D eigenvalue weighted by Crippen LogP contribution is 2.00. The molecule has 1 aromatic heterocycles. The standard InChI is InChI=1S/C8H16N4/c1-6-10-7(12-11-6)5-9-8(2,3)4/h9H,5H2,1-4H3,(H,10,11,12). The summed E-state index contributed by atoms with van der Waals surface area (Å²) < 4.78 is 0. The lowest BCUT2D eigenvalue weighted by atomic mass is 10.1. The second kappa shape index (κ2) is 3.23. The molecule has 0 unspecified atom stereocenters. The highest BCUT2D eigenvalue weighted by molar-refractivity contribution is 4.88. The minimum Gasteiger partial charge on any atom is -0.305 e. The van der Waals surface area contributed by atoms with Crippen LogP contribution in [0, 0.1) is 6.92 Å². The average molecular weight is 168 g/mol. The Morgan fingerprint density at radius 2 is 2.08 bits per heavy atom. The smallest absolute Gasteiger partial charge is 0.164 e. The van der Waals surface area contributed by atoms with Crippen LogP contribution < -0.4 is 5.32 Å². The molecule has 1 heterocycles. The van der Waals surface area contributed by atoms with Crippen LogP contribution in [0.3, 0.4) is 0 Å². The third-order valence-corrected chi connectivity index (χ3v) is 1.42. The summed E-state index contributed by atoms with van der Waals surface area (Å²) in [4.78, 5) is 4.18. The molecule has 1 aromatic rings. The Morgan fingerprint density at radius 3 is 2.50 bits per heavy atom. The molecular formula is C8H16N4. The SMILES string of the molecule is Cc1nc(CNC(C)(C)C)n[nH]1. The van der Waals surface area contributed by atoms with Crippen LogP contribution >= 0.6 is 0 Å². The van der Waals surface area contributed by atoms with Crippen molar-refractivity contribution in [2.75, 3.05) is 0 Å². The normalized spacial score (nSPS) is 12.0. The molecule has 0 saturated carbocycles. The molecule has 0 bridgehead atoms. The Hall–Kier alpha value is -0.900. The van der Waals surface area contributed by atoms with E-state index in [0.717, 1.165) is 11.6 Å². The molecule has 68 valence electrons. The number of nitrogens with zero attached hydrogens (tertiary/aromatic N) is 2. The van der Waals surface area contributed by atoms with Gasteiger partial charge in [-0.1, -0.05) is 0 Å². The second-order valence-corrected chi connectivity index (χ2v) is 3.94. The minimum absolute atomic E-state index is 0.120. The zero-order chi connectivity index (χ0) is 9.19. The van der Waals surface area contributed by atoms with Gasteiger partial charge in [0.2, 0.25) is 0 Å². The molecule has 4 nitrogen and oxygen atoms in total. The number of nitrogens with one attached hydrogen (secondary N) is 2. The third kappa shape index (κ3) is 3.00. The lowest BCUT2D eigenvalue weighted by Crippen LogP contribution is -2.35. The Balaban J connectivity index is 2.44. The van der Waals surface area contributed by atoms with E-state index >= 15 is 0 Å². The van der Waals surface area contributed by atoms with E-state index in [1.54, 1.807) is 0 Å². The first-order valence-corrected chi connectivity index (χ1v) is 4.10. The summed E-state index contributed by atoms with van der Waals surface area (Å²) in [7, 11) is 0. The van der Waals surface area contributed by atoms with Gasteiger partial charge in [-0.15, -0.1) is 0 Å². The summed E-state index contributed by atoms with van der Waals surface area (Å²) in [6.45, 7) is 8.97. The third-order valence-electron chi connectivity index (χ3n) is 1.42. The predicted octanol–water partition coefficient (Wildman–Crippen LogP) is 1.00. The molecule has 0 aromatic carbocycles. The highest BCUT2D eigenvalue weighted by atomic mass is 15.2. The second-order valence-electron chi connectivity index (χ2n) is 3.94. The summed E-state index contributed by atoms with van der Waals surface area (Å²) in [5, 5.41) is 10.1. The van der Waals surface area contributed by atoms with E-state index in [4.69, 9.17) is 0 Å². The maximum absolute atomic E-state index is 4.18. The largest absolute Gasteiger partial charge is 0.305 e. The first-order valence-electron chi connectivity index (χ1n) is 4.10. The summed E-state index contributed by atoms with van der Waals surface area (Å²) in [5.41, 5.74) is 0.120. The van der Waals surface area contributed by atoms with Crippen LogP contribution in [0.5, 0.6) is 0 Å². The van der Waals surface area contributed by atoms with Crippen molar-refractivity contribution in [3.05, 3.63) is 11.6 Å². The van der Waals surface area contributed by atoms with Gasteiger partial charge in [0, 0.05) is 5.54 Å². The molecule has 0 aliphatic rings. The molecule has 0 aliphatic carbocycles. The maximum atomic E-state index is 4.18. The summed E-state index contributed by atoms with van der Waals surface area (Å²) in [6.07, 6.45) is 0. The van der Waals surface area contributed by atoms with Gasteiger partial charge in [0.05, 0.1) is 6.54 Å². The van der Waals surface area contributed by atoms with Crippen LogP contribution in [-0.2, 0) is 6.54 Å². The Bertz CT molecular complexity index is 246. The summed E-state index contributed by atoms with van der Waals surface area (Å²) in [5.74, 6) is 1.68. The van der Waals surface area contributed by atoms with Crippen LogP contribution in [0.15, 0.2) is 0 Å². The summed E-state index contributed by atoms with van der Waals surface area (Å²) in [6, 6.07) is 0. The van der Waals surface area contributed by atoms with Crippen molar-refractivity contribution in [3.63, 3.8) is 0 Å². The van der Waals surface area contributed by atoms with E-state index in [-0.39, 0.29) is 5.54 Å². The first kappa shape index (κ1) is 9.19. The van der Waals surface area contributed by atoms with E-state index in [2.05, 4.69) is 41.3 Å². The van der Waals surface area contributed by atoms with Crippen LogP contribution in [0.2, 0.25) is 0 Å². The van der Waals surface area contributed by atoms with E-state index in [1.165, 1.54) is 0 Å². The highest BCUT2D eigenvalue weighted by Gasteiger charge is 2.09. The Morgan fingerprint density at radius 1 is 1.42 bits per heavy atom. The van der Waals surface area contributed by atoms with Gasteiger partial charge in [-0.3, -0.25) is 5.10 Å². The van der Waals surface area contributed by atoms with Gasteiger partial charge in [-0.05, 0) is 27.7 Å². The van der Waals surface area contributed by atoms with E-state index in [9.17, 15) is 0 Å². The lowest BCUT2D eigenvalue weighted by molar-refractivity contribution is 0.418.